The third-order valence-electron chi connectivity index (χ3n) is 2.96. The number of hydrogen-bond donors (Lipinski definition) is 0. The lowest BCUT2D eigenvalue weighted by molar-refractivity contribution is -0.766. The number of nitrogens with zero attached hydrogens (tertiary/aromatic N) is 3. The molecule has 0 spiro atoms. The molecule has 1 amide bonds. The van der Waals surface area contributed by atoms with Gasteiger partial charge < -0.3 is 9.64 Å². The second-order valence-electron chi connectivity index (χ2n) is 5.96. The minimum atomic E-state index is -0.656. The van der Waals surface area contributed by atoms with Gasteiger partial charge in [0.15, 0.2) is 11.4 Å². The zero-order valence-electron chi connectivity index (χ0n) is 12.8. The second-order valence-corrected chi connectivity index (χ2v) is 5.96. The maximum absolute atomic E-state index is 11.9. The highest BCUT2D eigenvalue weighted by molar-refractivity contribution is 5.72. The molecule has 7 nitrogen and oxygen atoms in total. The standard InChI is InChI=1S/C15H18N3O4/c1-15(2,3)22-18(20)12-5-6-13(11(9-12)10-16)21-14(19)17-7-4-8-17/h5-6,9H,4,7-8H2,1-3H3/q+1. The Balaban J connectivity index is 2.15. The van der Waals surface area contributed by atoms with Gasteiger partial charge in [-0.15, -0.1) is 0 Å². The van der Waals surface area contributed by atoms with Crippen LogP contribution in [0.2, 0.25) is 0 Å². The van der Waals surface area contributed by atoms with E-state index in [1.54, 1.807) is 20.8 Å². The fraction of sp³-hybridized carbons (Fsp3) is 0.467. The molecule has 116 valence electrons. The lowest BCUT2D eigenvalue weighted by atomic mass is 10.2. The van der Waals surface area contributed by atoms with Crippen molar-refractivity contribution in [3.8, 4) is 11.8 Å². The Kier molecular flexibility index (Phi) is 4.31. The van der Waals surface area contributed by atoms with Gasteiger partial charge in [-0.25, -0.2) is 9.63 Å². The SMILES string of the molecule is CC(C)(C)O[N+](=O)c1ccc(OC(=O)N2CCC2)c(C#N)c1. The van der Waals surface area contributed by atoms with Crippen LogP contribution in [0.5, 0.6) is 5.75 Å². The number of ether oxygens (including phenoxy) is 1. The van der Waals surface area contributed by atoms with E-state index in [1.807, 2.05) is 6.07 Å². The highest BCUT2D eigenvalue weighted by Gasteiger charge is 2.28. The molecule has 2 rings (SSSR count). The lowest BCUT2D eigenvalue weighted by Gasteiger charge is -2.29. The second kappa shape index (κ2) is 6.02. The Morgan fingerprint density at radius 3 is 2.55 bits per heavy atom. The molecule has 1 aromatic carbocycles. The Morgan fingerprint density at radius 2 is 2.05 bits per heavy atom. The van der Waals surface area contributed by atoms with Crippen LogP contribution in [0.1, 0.15) is 32.8 Å². The first-order valence-corrected chi connectivity index (χ1v) is 6.97. The fourth-order valence-electron chi connectivity index (χ4n) is 1.77. The number of amides is 1. The van der Waals surface area contributed by atoms with Crippen molar-refractivity contribution in [2.75, 3.05) is 13.1 Å². The molecule has 0 radical (unpaired) electrons. The minimum absolute atomic E-state index is 0.102. The molecular formula is C15H18N3O4+. The van der Waals surface area contributed by atoms with Crippen molar-refractivity contribution in [3.63, 3.8) is 0 Å². The van der Waals surface area contributed by atoms with Crippen molar-refractivity contribution >= 4 is 11.8 Å². The van der Waals surface area contributed by atoms with Crippen LogP contribution in [-0.2, 0) is 4.84 Å². The van der Waals surface area contributed by atoms with E-state index in [2.05, 4.69) is 0 Å². The molecule has 7 heteroatoms. The largest absolute Gasteiger partial charge is 0.415 e. The molecule has 0 unspecified atom stereocenters. The van der Waals surface area contributed by atoms with Crippen LogP contribution in [0, 0.1) is 16.2 Å². The summed E-state index contributed by atoms with van der Waals surface area (Å²) in [6.07, 6.45) is 0.467. The third-order valence-corrected chi connectivity index (χ3v) is 2.96. The maximum atomic E-state index is 11.9. The van der Waals surface area contributed by atoms with Crippen LogP contribution in [0.3, 0.4) is 0 Å². The molecule has 1 aromatic rings. The van der Waals surface area contributed by atoms with E-state index in [0.29, 0.717) is 18.0 Å². The average Bonchev–Trinajstić information content (AvgIpc) is 2.34. The smallest absolute Gasteiger partial charge is 0.409 e. The minimum Gasteiger partial charge on any atom is -0.409 e. The summed E-state index contributed by atoms with van der Waals surface area (Å²) in [6, 6.07) is 6.11. The van der Waals surface area contributed by atoms with Crippen molar-refractivity contribution in [3.05, 3.63) is 28.7 Å². The van der Waals surface area contributed by atoms with Gasteiger partial charge in [0.05, 0.1) is 4.91 Å². The molecule has 1 heterocycles. The van der Waals surface area contributed by atoms with Gasteiger partial charge in [0.1, 0.15) is 11.6 Å². The molecule has 0 bridgehead atoms. The van der Waals surface area contributed by atoms with E-state index < -0.39 is 11.7 Å². The zero-order chi connectivity index (χ0) is 16.3. The summed E-state index contributed by atoms with van der Waals surface area (Å²) in [5.74, 6) is 0.132. The molecule has 1 saturated heterocycles. The predicted molar refractivity (Wildman–Crippen MR) is 77.5 cm³/mol. The average molecular weight is 304 g/mol. The van der Waals surface area contributed by atoms with Crippen LogP contribution >= 0.6 is 0 Å². The summed E-state index contributed by atoms with van der Waals surface area (Å²) in [7, 11) is 0. The third kappa shape index (κ3) is 3.73. The number of benzene rings is 1. The molecule has 1 aliphatic rings. The Hall–Kier alpha value is -2.62. The zero-order valence-corrected chi connectivity index (χ0v) is 12.8. The van der Waals surface area contributed by atoms with E-state index >= 15 is 0 Å². The predicted octanol–water partition coefficient (Wildman–Crippen LogP) is 2.90. The van der Waals surface area contributed by atoms with Crippen molar-refractivity contribution < 1.29 is 19.3 Å². The fourth-order valence-corrected chi connectivity index (χ4v) is 1.77. The van der Waals surface area contributed by atoms with E-state index in [9.17, 15) is 9.70 Å². The van der Waals surface area contributed by atoms with E-state index in [4.69, 9.17) is 14.8 Å². The number of likely N-dealkylation sites (tertiary alicyclic amines) is 1. The van der Waals surface area contributed by atoms with Crippen molar-refractivity contribution in [2.45, 2.75) is 32.8 Å². The highest BCUT2D eigenvalue weighted by atomic mass is 16.8. The molecule has 0 saturated carbocycles. The molecule has 0 aromatic heterocycles. The van der Waals surface area contributed by atoms with E-state index in [-0.39, 0.29) is 17.0 Å². The molecule has 22 heavy (non-hydrogen) atoms. The number of rotatable bonds is 3. The maximum Gasteiger partial charge on any atom is 0.415 e. The number of nitriles is 1. The van der Waals surface area contributed by atoms with Crippen molar-refractivity contribution in [1.29, 1.82) is 5.26 Å². The number of carbonyl (C=O) groups excluding carboxylic acids is 1. The number of hydrogen-bond acceptors (Lipinski definition) is 5. The molecule has 0 N–H and O–H groups in total. The summed E-state index contributed by atoms with van der Waals surface area (Å²) >= 11 is 0. The topological polar surface area (TPSA) is 82.6 Å². The Morgan fingerprint density at radius 1 is 1.36 bits per heavy atom. The summed E-state index contributed by atoms with van der Waals surface area (Å²) in [5, 5.41) is 9.16. The molecule has 0 aliphatic carbocycles. The summed E-state index contributed by atoms with van der Waals surface area (Å²) in [5.41, 5.74) is -0.392. The van der Waals surface area contributed by atoms with Crippen LogP contribution in [0.15, 0.2) is 18.2 Å². The monoisotopic (exact) mass is 304 g/mol. The van der Waals surface area contributed by atoms with Crippen LogP contribution < -0.4 is 4.74 Å². The summed E-state index contributed by atoms with van der Waals surface area (Å²) in [4.78, 5) is 30.7. The molecular weight excluding hydrogens is 286 g/mol. The van der Waals surface area contributed by atoms with Gasteiger partial charge in [0, 0.05) is 25.2 Å². The lowest BCUT2D eigenvalue weighted by Crippen LogP contribution is -2.43. The van der Waals surface area contributed by atoms with Gasteiger partial charge in [-0.05, 0) is 33.3 Å². The van der Waals surface area contributed by atoms with Crippen LogP contribution in [0.25, 0.3) is 0 Å². The molecule has 0 atom stereocenters. The van der Waals surface area contributed by atoms with Gasteiger partial charge in [-0.1, -0.05) is 0 Å². The summed E-state index contributed by atoms with van der Waals surface area (Å²) in [6.45, 7) is 6.55. The summed E-state index contributed by atoms with van der Waals surface area (Å²) < 4.78 is 5.18. The first-order valence-electron chi connectivity index (χ1n) is 6.97. The number of carbonyl (C=O) groups is 1. The van der Waals surface area contributed by atoms with Crippen LogP contribution in [-0.4, -0.2) is 34.6 Å². The highest BCUT2D eigenvalue weighted by Crippen LogP contribution is 2.26. The van der Waals surface area contributed by atoms with E-state index in [0.717, 1.165) is 6.42 Å². The van der Waals surface area contributed by atoms with Gasteiger partial charge in [-0.3, -0.25) is 0 Å². The first kappa shape index (κ1) is 15.8. The quantitative estimate of drug-likeness (QED) is 0.802. The van der Waals surface area contributed by atoms with Gasteiger partial charge in [0.25, 0.3) is 4.92 Å². The van der Waals surface area contributed by atoms with Gasteiger partial charge >= 0.3 is 11.8 Å². The Labute approximate surface area is 128 Å². The van der Waals surface area contributed by atoms with E-state index in [1.165, 1.54) is 23.1 Å². The van der Waals surface area contributed by atoms with Gasteiger partial charge in [-0.2, -0.15) is 5.26 Å². The van der Waals surface area contributed by atoms with Gasteiger partial charge in [0.2, 0.25) is 0 Å². The Bertz CT molecular complexity index is 639. The van der Waals surface area contributed by atoms with Crippen molar-refractivity contribution in [2.24, 2.45) is 0 Å². The van der Waals surface area contributed by atoms with Crippen LogP contribution in [0.4, 0.5) is 10.5 Å². The van der Waals surface area contributed by atoms with Crippen molar-refractivity contribution in [1.82, 2.24) is 4.90 Å². The first-order chi connectivity index (χ1) is 10.3. The normalized spacial score (nSPS) is 13.8. The molecule has 1 fully saturated rings. The molecule has 1 aliphatic heterocycles.